The van der Waals surface area contributed by atoms with Crippen LogP contribution in [-0.4, -0.2) is 0 Å². The van der Waals surface area contributed by atoms with Gasteiger partial charge in [-0.2, -0.15) is 0 Å². The van der Waals surface area contributed by atoms with Crippen LogP contribution < -0.4 is 0 Å². The van der Waals surface area contributed by atoms with Crippen molar-refractivity contribution in [1.29, 1.82) is 0 Å². The lowest BCUT2D eigenvalue weighted by Crippen LogP contribution is -1.76. The van der Waals surface area contributed by atoms with Crippen molar-refractivity contribution >= 4 is 0 Å². The summed E-state index contributed by atoms with van der Waals surface area (Å²) in [6.45, 7) is 0. The molecule has 0 bridgehead atoms. The van der Waals surface area contributed by atoms with Gasteiger partial charge in [0, 0.05) is 0 Å². The average Bonchev–Trinajstić information content (AvgIpc) is 2.22. The Hall–Kier alpha value is -0.780. The molecule has 0 heteroatoms. The van der Waals surface area contributed by atoms with Crippen molar-refractivity contribution in [3.63, 3.8) is 0 Å². The topological polar surface area (TPSA) is 0 Å². The van der Waals surface area contributed by atoms with Gasteiger partial charge in [-0.05, 0) is 44.9 Å². The van der Waals surface area contributed by atoms with Crippen molar-refractivity contribution in [1.82, 2.24) is 0 Å². The second kappa shape index (κ2) is 8.80. The van der Waals surface area contributed by atoms with E-state index in [1.807, 2.05) is 0 Å². The molecule has 14 heavy (non-hydrogen) atoms. The third kappa shape index (κ3) is 6.71. The molecule has 0 unspecified atom stereocenters. The predicted molar refractivity (Wildman–Crippen MR) is 64.4 cm³/mol. The summed E-state index contributed by atoms with van der Waals surface area (Å²) >= 11 is 0. The van der Waals surface area contributed by atoms with Gasteiger partial charge in [-0.1, -0.05) is 42.9 Å². The van der Waals surface area contributed by atoms with Gasteiger partial charge in [0.15, 0.2) is 0 Å². The minimum atomic E-state index is 1.11. The summed E-state index contributed by atoms with van der Waals surface area (Å²) < 4.78 is 0. The molecule has 1 aliphatic carbocycles. The second-order valence-electron chi connectivity index (χ2n) is 3.87. The quantitative estimate of drug-likeness (QED) is 0.482. The molecule has 78 valence electrons. The van der Waals surface area contributed by atoms with Crippen LogP contribution in [0.5, 0.6) is 0 Å². The van der Waals surface area contributed by atoms with Gasteiger partial charge in [0.05, 0.1) is 0 Å². The molecule has 0 saturated carbocycles. The summed E-state index contributed by atoms with van der Waals surface area (Å²) in [5, 5.41) is 0. The van der Waals surface area contributed by atoms with Crippen LogP contribution in [0.15, 0.2) is 36.5 Å². The molecule has 0 radical (unpaired) electrons. The Morgan fingerprint density at radius 1 is 0.429 bits per heavy atom. The number of rotatable bonds is 0. The highest BCUT2D eigenvalue weighted by molar-refractivity contribution is 4.94. The first-order chi connectivity index (χ1) is 7.00. The summed E-state index contributed by atoms with van der Waals surface area (Å²) in [4.78, 5) is 0. The van der Waals surface area contributed by atoms with Crippen LogP contribution >= 0.6 is 0 Å². The van der Waals surface area contributed by atoms with Crippen LogP contribution in [0.4, 0.5) is 0 Å². The van der Waals surface area contributed by atoms with E-state index in [-0.39, 0.29) is 0 Å². The normalized spacial score (nSPS) is 27.4. The molecule has 1 rings (SSSR count). The highest BCUT2D eigenvalue weighted by Gasteiger charge is 1.86. The standard InChI is InChI=1S/C14H22/c1-2-4-6-8-10-12-14-13-11-9-7-5-3-1/h1-2,5,7-8,10H,3-4,6,9,11-14H2/b2-1-,7-5-,10-8-. The Balaban J connectivity index is 2.25. The Morgan fingerprint density at radius 3 is 1.64 bits per heavy atom. The summed E-state index contributed by atoms with van der Waals surface area (Å²) in [6, 6.07) is 0. The number of hydrogen-bond acceptors (Lipinski definition) is 0. The lowest BCUT2D eigenvalue weighted by molar-refractivity contribution is 0.694. The first-order valence-electron chi connectivity index (χ1n) is 5.95. The molecule has 0 spiro atoms. The zero-order valence-electron chi connectivity index (χ0n) is 9.12. The highest BCUT2D eigenvalue weighted by Crippen LogP contribution is 2.06. The number of hydrogen-bond donors (Lipinski definition) is 0. The Kier molecular flexibility index (Phi) is 7.10. The predicted octanol–water partition coefficient (Wildman–Crippen LogP) is 4.79. The first kappa shape index (κ1) is 11.3. The van der Waals surface area contributed by atoms with E-state index < -0.39 is 0 Å². The molecule has 0 N–H and O–H groups in total. The third-order valence-corrected chi connectivity index (χ3v) is 2.51. The largest absolute Gasteiger partial charge is 0.0885 e. The van der Waals surface area contributed by atoms with Crippen LogP contribution in [0, 0.1) is 0 Å². The van der Waals surface area contributed by atoms with Crippen LogP contribution in [0.25, 0.3) is 0 Å². The van der Waals surface area contributed by atoms with E-state index in [0.29, 0.717) is 0 Å². The first-order valence-corrected chi connectivity index (χ1v) is 5.95. The Morgan fingerprint density at radius 2 is 0.929 bits per heavy atom. The van der Waals surface area contributed by atoms with Crippen LogP contribution in [0.3, 0.4) is 0 Å². The van der Waals surface area contributed by atoms with Gasteiger partial charge in [0.1, 0.15) is 0 Å². The molecule has 0 aromatic heterocycles. The molecule has 0 nitrogen and oxygen atoms in total. The van der Waals surface area contributed by atoms with Crippen molar-refractivity contribution in [2.45, 2.75) is 51.4 Å². The molecule has 0 aromatic carbocycles. The smallest absolute Gasteiger partial charge is 0.0169 e. The van der Waals surface area contributed by atoms with Gasteiger partial charge in [-0.15, -0.1) is 0 Å². The number of allylic oxidation sites excluding steroid dienone is 6. The summed E-state index contributed by atoms with van der Waals surface area (Å²) in [6.07, 6.45) is 24.0. The summed E-state index contributed by atoms with van der Waals surface area (Å²) in [5.74, 6) is 0. The summed E-state index contributed by atoms with van der Waals surface area (Å²) in [5.41, 5.74) is 0. The van der Waals surface area contributed by atoms with Crippen molar-refractivity contribution in [2.75, 3.05) is 0 Å². The second-order valence-corrected chi connectivity index (χ2v) is 3.87. The molecular weight excluding hydrogens is 168 g/mol. The van der Waals surface area contributed by atoms with Crippen LogP contribution in [0.2, 0.25) is 0 Å². The fourth-order valence-electron chi connectivity index (χ4n) is 1.64. The van der Waals surface area contributed by atoms with Gasteiger partial charge in [-0.25, -0.2) is 0 Å². The monoisotopic (exact) mass is 190 g/mol. The molecule has 0 aliphatic heterocycles. The minimum absolute atomic E-state index is 1.11. The van der Waals surface area contributed by atoms with Crippen LogP contribution in [-0.2, 0) is 0 Å². The maximum atomic E-state index is 2.34. The Bertz CT molecular complexity index is 196. The molecule has 0 amide bonds. The van der Waals surface area contributed by atoms with E-state index in [4.69, 9.17) is 0 Å². The molecule has 1 aliphatic rings. The van der Waals surface area contributed by atoms with E-state index in [1.165, 1.54) is 44.9 Å². The molecular formula is C14H22. The van der Waals surface area contributed by atoms with Gasteiger partial charge in [-0.3, -0.25) is 0 Å². The molecule has 0 atom stereocenters. The molecule has 0 fully saturated rings. The van der Waals surface area contributed by atoms with E-state index >= 15 is 0 Å². The zero-order valence-corrected chi connectivity index (χ0v) is 9.12. The Labute approximate surface area is 88.4 Å². The van der Waals surface area contributed by atoms with Gasteiger partial charge < -0.3 is 0 Å². The maximum absolute atomic E-state index is 2.34. The van der Waals surface area contributed by atoms with E-state index in [9.17, 15) is 0 Å². The molecule has 0 aromatic rings. The summed E-state index contributed by atoms with van der Waals surface area (Å²) in [7, 11) is 0. The lowest BCUT2D eigenvalue weighted by atomic mass is 10.1. The third-order valence-electron chi connectivity index (χ3n) is 2.51. The van der Waals surface area contributed by atoms with E-state index in [1.54, 1.807) is 0 Å². The van der Waals surface area contributed by atoms with Crippen molar-refractivity contribution in [3.05, 3.63) is 36.5 Å². The van der Waals surface area contributed by atoms with Gasteiger partial charge in [0.2, 0.25) is 0 Å². The van der Waals surface area contributed by atoms with Gasteiger partial charge >= 0.3 is 0 Å². The average molecular weight is 190 g/mol. The van der Waals surface area contributed by atoms with Crippen molar-refractivity contribution in [3.8, 4) is 0 Å². The SMILES string of the molecule is C1=C\CC/C=C\CCCCC/C=C\C/1. The highest BCUT2D eigenvalue weighted by atomic mass is 13.9. The minimum Gasteiger partial charge on any atom is -0.0885 e. The van der Waals surface area contributed by atoms with Crippen molar-refractivity contribution < 1.29 is 0 Å². The fraction of sp³-hybridized carbons (Fsp3) is 0.571. The van der Waals surface area contributed by atoms with E-state index in [2.05, 4.69) is 36.5 Å². The van der Waals surface area contributed by atoms with Crippen molar-refractivity contribution in [2.24, 2.45) is 0 Å². The van der Waals surface area contributed by atoms with E-state index in [0.717, 1.165) is 6.42 Å². The van der Waals surface area contributed by atoms with Gasteiger partial charge in [0.25, 0.3) is 0 Å². The zero-order chi connectivity index (χ0) is 9.90. The lowest BCUT2D eigenvalue weighted by Gasteiger charge is -1.96. The van der Waals surface area contributed by atoms with Crippen LogP contribution in [0.1, 0.15) is 51.4 Å². The fourth-order valence-corrected chi connectivity index (χ4v) is 1.64. The molecule has 0 heterocycles. The molecule has 0 saturated heterocycles. The maximum Gasteiger partial charge on any atom is -0.0169 e.